The van der Waals surface area contributed by atoms with E-state index in [1.807, 2.05) is 32.9 Å². The van der Waals surface area contributed by atoms with Gasteiger partial charge in [0.05, 0.1) is 4.90 Å². The first-order chi connectivity index (χ1) is 8.04. The zero-order valence-electron chi connectivity index (χ0n) is 10.8. The molecule has 1 aromatic rings. The Bertz CT molecular complexity index is 448. The summed E-state index contributed by atoms with van der Waals surface area (Å²) in [5.74, 6) is 0. The highest BCUT2D eigenvalue weighted by Crippen LogP contribution is 2.19. The van der Waals surface area contributed by atoms with Gasteiger partial charge in [-0.25, -0.2) is 8.42 Å². The molecule has 0 radical (unpaired) electrons. The third-order valence-corrected chi connectivity index (χ3v) is 4.72. The van der Waals surface area contributed by atoms with Gasteiger partial charge in [0.1, 0.15) is 0 Å². The minimum absolute atomic E-state index is 0.432. The van der Waals surface area contributed by atoms with Gasteiger partial charge < -0.3 is 0 Å². The molecule has 0 aliphatic carbocycles. The van der Waals surface area contributed by atoms with Gasteiger partial charge in [-0.1, -0.05) is 32.0 Å². The Balaban J connectivity index is 3.12. The Morgan fingerprint density at radius 3 is 2.06 bits per heavy atom. The average molecular weight is 255 g/mol. The van der Waals surface area contributed by atoms with Gasteiger partial charge >= 0.3 is 0 Å². The van der Waals surface area contributed by atoms with Crippen molar-refractivity contribution in [2.75, 3.05) is 13.1 Å². The van der Waals surface area contributed by atoms with Crippen LogP contribution in [0.25, 0.3) is 0 Å². The van der Waals surface area contributed by atoms with E-state index in [0.717, 1.165) is 18.4 Å². The first-order valence-corrected chi connectivity index (χ1v) is 7.53. The van der Waals surface area contributed by atoms with Crippen LogP contribution in [0.1, 0.15) is 32.3 Å². The van der Waals surface area contributed by atoms with Gasteiger partial charge in [0, 0.05) is 13.1 Å². The number of hydrogen-bond donors (Lipinski definition) is 0. The largest absolute Gasteiger partial charge is 0.243 e. The number of hydrogen-bond acceptors (Lipinski definition) is 2. The fourth-order valence-corrected chi connectivity index (χ4v) is 3.69. The maximum atomic E-state index is 12.5. The van der Waals surface area contributed by atoms with Crippen molar-refractivity contribution in [1.29, 1.82) is 0 Å². The molecule has 0 fully saturated rings. The first-order valence-electron chi connectivity index (χ1n) is 6.09. The summed E-state index contributed by atoms with van der Waals surface area (Å²) >= 11 is 0. The molecule has 1 aromatic carbocycles. The Labute approximate surface area is 105 Å². The lowest BCUT2D eigenvalue weighted by molar-refractivity contribution is 0.409. The van der Waals surface area contributed by atoms with Crippen molar-refractivity contribution in [3.63, 3.8) is 0 Å². The summed E-state index contributed by atoms with van der Waals surface area (Å²) in [6, 6.07) is 7.15. The number of nitrogens with zero attached hydrogens (tertiary/aromatic N) is 1. The molecule has 0 aromatic heterocycles. The molecular weight excluding hydrogens is 234 g/mol. The summed E-state index contributed by atoms with van der Waals surface area (Å²) in [4.78, 5) is 0.432. The number of aryl methyl sites for hydroxylation is 1. The summed E-state index contributed by atoms with van der Waals surface area (Å²) in [5.41, 5.74) is 0.810. The molecule has 4 heteroatoms. The predicted octanol–water partition coefficient (Wildman–Crippen LogP) is 2.81. The van der Waals surface area contributed by atoms with Crippen LogP contribution in [-0.4, -0.2) is 25.8 Å². The molecule has 1 rings (SSSR count). The van der Waals surface area contributed by atoms with Crippen molar-refractivity contribution in [2.45, 2.75) is 38.5 Å². The summed E-state index contributed by atoms with van der Waals surface area (Å²) in [6.07, 6.45) is 1.68. The maximum Gasteiger partial charge on any atom is 0.243 e. The summed E-state index contributed by atoms with van der Waals surface area (Å²) in [5, 5.41) is 0. The van der Waals surface area contributed by atoms with E-state index in [1.54, 1.807) is 16.4 Å². The Morgan fingerprint density at radius 2 is 1.59 bits per heavy atom. The molecule has 0 atom stereocenters. The van der Waals surface area contributed by atoms with Crippen molar-refractivity contribution in [3.05, 3.63) is 29.8 Å². The monoisotopic (exact) mass is 255 g/mol. The van der Waals surface area contributed by atoms with Crippen molar-refractivity contribution in [1.82, 2.24) is 4.31 Å². The van der Waals surface area contributed by atoms with Crippen molar-refractivity contribution in [3.8, 4) is 0 Å². The first kappa shape index (κ1) is 14.2. The van der Waals surface area contributed by atoms with Crippen LogP contribution in [0, 0.1) is 6.92 Å². The smallest absolute Gasteiger partial charge is 0.207 e. The highest BCUT2D eigenvalue weighted by Gasteiger charge is 2.24. The normalized spacial score (nSPS) is 12.0. The van der Waals surface area contributed by atoms with Crippen LogP contribution < -0.4 is 0 Å². The Hall–Kier alpha value is -0.870. The van der Waals surface area contributed by atoms with Gasteiger partial charge in [0.2, 0.25) is 10.0 Å². The van der Waals surface area contributed by atoms with E-state index in [2.05, 4.69) is 0 Å². The van der Waals surface area contributed by atoms with Gasteiger partial charge in [0.25, 0.3) is 0 Å². The lowest BCUT2D eigenvalue weighted by Gasteiger charge is -2.21. The maximum absolute atomic E-state index is 12.5. The minimum Gasteiger partial charge on any atom is -0.207 e. The zero-order chi connectivity index (χ0) is 12.9. The molecular formula is C13H21NO2S. The topological polar surface area (TPSA) is 37.4 Å². The third-order valence-electron chi connectivity index (χ3n) is 2.66. The lowest BCUT2D eigenvalue weighted by Crippen LogP contribution is -2.32. The second-order valence-corrected chi connectivity index (χ2v) is 6.08. The van der Waals surface area contributed by atoms with Crippen molar-refractivity contribution < 1.29 is 8.42 Å². The Morgan fingerprint density at radius 1 is 1.06 bits per heavy atom. The van der Waals surface area contributed by atoms with Gasteiger partial charge in [0.15, 0.2) is 0 Å². The SMILES string of the molecule is CCCN(CCC)S(=O)(=O)c1ccccc1C. The lowest BCUT2D eigenvalue weighted by atomic mass is 10.2. The van der Waals surface area contributed by atoms with Crippen LogP contribution >= 0.6 is 0 Å². The molecule has 0 saturated carbocycles. The fraction of sp³-hybridized carbons (Fsp3) is 0.538. The van der Waals surface area contributed by atoms with Crippen LogP contribution in [0.3, 0.4) is 0 Å². The van der Waals surface area contributed by atoms with E-state index in [0.29, 0.717) is 18.0 Å². The third kappa shape index (κ3) is 3.30. The molecule has 0 aliphatic rings. The highest BCUT2D eigenvalue weighted by atomic mass is 32.2. The van der Waals surface area contributed by atoms with Gasteiger partial charge in [-0.05, 0) is 31.4 Å². The number of benzene rings is 1. The predicted molar refractivity (Wildman–Crippen MR) is 70.5 cm³/mol. The molecule has 0 spiro atoms. The van der Waals surface area contributed by atoms with Crippen LogP contribution in [0.2, 0.25) is 0 Å². The standard InChI is InChI=1S/C13H21NO2S/c1-4-10-14(11-5-2)17(15,16)13-9-7-6-8-12(13)3/h6-9H,4-5,10-11H2,1-3H3. The fourth-order valence-electron chi connectivity index (χ4n) is 1.84. The summed E-state index contributed by atoms with van der Waals surface area (Å²) in [6.45, 7) is 7.00. The molecule has 0 saturated heterocycles. The van der Waals surface area contributed by atoms with E-state index in [4.69, 9.17) is 0 Å². The van der Waals surface area contributed by atoms with Crippen molar-refractivity contribution >= 4 is 10.0 Å². The van der Waals surface area contributed by atoms with Crippen LogP contribution in [0.4, 0.5) is 0 Å². The van der Waals surface area contributed by atoms with E-state index in [-0.39, 0.29) is 0 Å². The van der Waals surface area contributed by atoms with E-state index >= 15 is 0 Å². The highest BCUT2D eigenvalue weighted by molar-refractivity contribution is 7.89. The summed E-state index contributed by atoms with van der Waals surface area (Å²) in [7, 11) is -3.32. The van der Waals surface area contributed by atoms with Crippen molar-refractivity contribution in [2.24, 2.45) is 0 Å². The van der Waals surface area contributed by atoms with E-state index < -0.39 is 10.0 Å². The molecule has 0 amide bonds. The molecule has 0 unspecified atom stereocenters. The Kier molecular flexibility index (Phi) is 5.15. The van der Waals surface area contributed by atoms with Gasteiger partial charge in [-0.3, -0.25) is 0 Å². The molecule has 0 heterocycles. The van der Waals surface area contributed by atoms with Crippen LogP contribution in [0.15, 0.2) is 29.2 Å². The van der Waals surface area contributed by atoms with Crippen LogP contribution in [0.5, 0.6) is 0 Å². The summed E-state index contributed by atoms with van der Waals surface area (Å²) < 4.78 is 26.5. The molecule has 96 valence electrons. The minimum atomic E-state index is -3.32. The number of sulfonamides is 1. The number of rotatable bonds is 6. The second kappa shape index (κ2) is 6.17. The zero-order valence-corrected chi connectivity index (χ0v) is 11.6. The average Bonchev–Trinajstić information content (AvgIpc) is 2.29. The van der Waals surface area contributed by atoms with Gasteiger partial charge in [-0.2, -0.15) is 4.31 Å². The molecule has 0 N–H and O–H groups in total. The second-order valence-electron chi connectivity index (χ2n) is 4.17. The van der Waals surface area contributed by atoms with E-state index in [9.17, 15) is 8.42 Å². The molecule has 3 nitrogen and oxygen atoms in total. The van der Waals surface area contributed by atoms with Gasteiger partial charge in [-0.15, -0.1) is 0 Å². The van der Waals surface area contributed by atoms with Crippen LogP contribution in [-0.2, 0) is 10.0 Å². The molecule has 0 bridgehead atoms. The van der Waals surface area contributed by atoms with E-state index in [1.165, 1.54) is 0 Å². The quantitative estimate of drug-likeness (QED) is 0.784. The molecule has 17 heavy (non-hydrogen) atoms. The molecule has 0 aliphatic heterocycles.